The maximum absolute atomic E-state index is 13.1. The first-order valence-corrected chi connectivity index (χ1v) is 9.39. The molecule has 2 heterocycles. The highest BCUT2D eigenvalue weighted by Gasteiger charge is 2.41. The topological polar surface area (TPSA) is 53.5 Å². The summed E-state index contributed by atoms with van der Waals surface area (Å²) in [5, 5.41) is 1.04. The van der Waals surface area contributed by atoms with Gasteiger partial charge in [0.15, 0.2) is 0 Å². The second-order valence-electron chi connectivity index (χ2n) is 6.53. The average Bonchev–Trinajstić information content (AvgIpc) is 2.63. The van der Waals surface area contributed by atoms with Gasteiger partial charge in [0, 0.05) is 17.3 Å². The highest BCUT2D eigenvalue weighted by Crippen LogP contribution is 2.24. The third-order valence-corrected chi connectivity index (χ3v) is 4.85. The monoisotopic (exact) mass is 407 g/mol. The molecule has 1 aromatic heterocycles. The minimum atomic E-state index is -0.802. The number of pyridine rings is 1. The number of nitrogens with zero attached hydrogens (tertiary/aromatic N) is 3. The van der Waals surface area contributed by atoms with Crippen molar-refractivity contribution in [2.45, 2.75) is 39.4 Å². The summed E-state index contributed by atoms with van der Waals surface area (Å²) in [5.41, 5.74) is 1.14. The van der Waals surface area contributed by atoms with Crippen LogP contribution in [-0.4, -0.2) is 45.2 Å². The van der Waals surface area contributed by atoms with Gasteiger partial charge in [0.25, 0.3) is 5.91 Å². The van der Waals surface area contributed by atoms with Crippen molar-refractivity contribution in [2.75, 3.05) is 6.54 Å². The van der Waals surface area contributed by atoms with Crippen molar-refractivity contribution in [3.8, 4) is 0 Å². The minimum Gasteiger partial charge on any atom is -0.329 e. The van der Waals surface area contributed by atoms with Crippen LogP contribution in [0.2, 0.25) is 5.02 Å². The number of hydrogen-bond acceptors (Lipinski definition) is 3. The Labute approximate surface area is 169 Å². The van der Waals surface area contributed by atoms with Crippen LogP contribution in [0.4, 0.5) is 0 Å². The Bertz CT molecular complexity index is 785. The third kappa shape index (κ3) is 5.21. The summed E-state index contributed by atoms with van der Waals surface area (Å²) >= 11 is 11.9. The van der Waals surface area contributed by atoms with Crippen molar-refractivity contribution in [1.82, 2.24) is 14.8 Å². The number of allylic oxidation sites excluding steroid dienone is 3. The number of piperazine rings is 1. The van der Waals surface area contributed by atoms with Gasteiger partial charge in [0.1, 0.15) is 12.6 Å². The van der Waals surface area contributed by atoms with Crippen LogP contribution in [0, 0.1) is 0 Å². The van der Waals surface area contributed by atoms with Gasteiger partial charge in [-0.05, 0) is 44.6 Å². The summed E-state index contributed by atoms with van der Waals surface area (Å²) < 4.78 is 0. The molecule has 1 aromatic rings. The third-order valence-electron chi connectivity index (χ3n) is 4.28. The molecule has 0 radical (unpaired) electrons. The van der Waals surface area contributed by atoms with Crippen LogP contribution in [0.1, 0.15) is 26.5 Å². The molecule has 1 aliphatic heterocycles. The minimum absolute atomic E-state index is 0.0349. The first-order chi connectivity index (χ1) is 12.7. The first-order valence-electron chi connectivity index (χ1n) is 8.63. The molecule has 144 valence electrons. The summed E-state index contributed by atoms with van der Waals surface area (Å²) in [5.74, 6) is -0.318. The van der Waals surface area contributed by atoms with E-state index in [4.69, 9.17) is 23.2 Å². The van der Waals surface area contributed by atoms with E-state index in [0.717, 1.165) is 0 Å². The van der Waals surface area contributed by atoms with Gasteiger partial charge in [-0.15, -0.1) is 0 Å². The molecule has 5 nitrogen and oxygen atoms in total. The molecule has 0 aromatic carbocycles. The van der Waals surface area contributed by atoms with Crippen LogP contribution in [-0.2, 0) is 16.1 Å². The highest BCUT2D eigenvalue weighted by atomic mass is 35.5. The SMILES string of the molecule is C=C(/C=C\C(Cl)=C/C)[C@@H]1C(=O)N(C(C)C)CC(=O)N1Cc1ccc(Cl)cn1. The lowest BCUT2D eigenvalue weighted by Crippen LogP contribution is -2.61. The summed E-state index contributed by atoms with van der Waals surface area (Å²) in [4.78, 5) is 33.2. The van der Waals surface area contributed by atoms with Crippen molar-refractivity contribution in [1.29, 1.82) is 0 Å². The van der Waals surface area contributed by atoms with Crippen molar-refractivity contribution in [2.24, 2.45) is 0 Å². The Morgan fingerprint density at radius 3 is 2.63 bits per heavy atom. The molecule has 2 amide bonds. The number of carbonyl (C=O) groups excluding carboxylic acids is 2. The quantitative estimate of drug-likeness (QED) is 0.670. The number of aromatic nitrogens is 1. The van der Waals surface area contributed by atoms with Gasteiger partial charge in [-0.2, -0.15) is 0 Å². The first kappa shape index (κ1) is 21.2. The van der Waals surface area contributed by atoms with Gasteiger partial charge in [0.2, 0.25) is 5.91 Å². The van der Waals surface area contributed by atoms with E-state index in [1.54, 1.807) is 35.3 Å². The van der Waals surface area contributed by atoms with Crippen LogP contribution in [0.25, 0.3) is 0 Å². The summed E-state index contributed by atoms with van der Waals surface area (Å²) in [6.45, 7) is 9.82. The second kappa shape index (κ2) is 9.20. The number of carbonyl (C=O) groups is 2. The molecule has 1 aliphatic rings. The Hall–Kier alpha value is -2.11. The smallest absolute Gasteiger partial charge is 0.250 e. The lowest BCUT2D eigenvalue weighted by Gasteiger charge is -2.42. The zero-order chi connectivity index (χ0) is 20.1. The molecule has 0 aliphatic carbocycles. The number of amides is 2. The van der Waals surface area contributed by atoms with Gasteiger partial charge in [-0.3, -0.25) is 14.6 Å². The molecule has 7 heteroatoms. The largest absolute Gasteiger partial charge is 0.329 e. The Morgan fingerprint density at radius 2 is 2.07 bits per heavy atom. The van der Waals surface area contributed by atoms with E-state index in [1.807, 2.05) is 20.8 Å². The predicted octanol–water partition coefficient (Wildman–Crippen LogP) is 3.94. The zero-order valence-electron chi connectivity index (χ0n) is 15.7. The van der Waals surface area contributed by atoms with E-state index in [9.17, 15) is 9.59 Å². The lowest BCUT2D eigenvalue weighted by atomic mass is 10.00. The molecule has 1 fully saturated rings. The van der Waals surface area contributed by atoms with Gasteiger partial charge in [-0.25, -0.2) is 0 Å². The average molecular weight is 408 g/mol. The number of rotatable bonds is 6. The molecule has 2 rings (SSSR count). The molecule has 0 N–H and O–H groups in total. The maximum atomic E-state index is 13.1. The van der Waals surface area contributed by atoms with E-state index >= 15 is 0 Å². The van der Waals surface area contributed by atoms with Gasteiger partial charge in [-0.1, -0.05) is 41.9 Å². The summed E-state index contributed by atoms with van der Waals surface area (Å²) in [6.07, 6.45) is 6.58. The molecular weight excluding hydrogens is 385 g/mol. The predicted molar refractivity (Wildman–Crippen MR) is 108 cm³/mol. The highest BCUT2D eigenvalue weighted by molar-refractivity contribution is 6.31. The second-order valence-corrected chi connectivity index (χ2v) is 7.41. The molecule has 0 spiro atoms. The van der Waals surface area contributed by atoms with Crippen LogP contribution in [0.15, 0.2) is 53.7 Å². The molecule has 27 heavy (non-hydrogen) atoms. The maximum Gasteiger partial charge on any atom is 0.250 e. The zero-order valence-corrected chi connectivity index (χ0v) is 17.2. The van der Waals surface area contributed by atoms with E-state index < -0.39 is 6.04 Å². The Balaban J connectivity index is 2.36. The molecule has 1 saturated heterocycles. The van der Waals surface area contributed by atoms with E-state index in [1.165, 1.54) is 11.1 Å². The fraction of sp³-hybridized carbons (Fsp3) is 0.350. The van der Waals surface area contributed by atoms with Crippen LogP contribution < -0.4 is 0 Å². The van der Waals surface area contributed by atoms with Crippen molar-refractivity contribution >= 4 is 35.0 Å². The normalized spacial score (nSPS) is 18.7. The van der Waals surface area contributed by atoms with Gasteiger partial charge in [0.05, 0.1) is 17.3 Å². The van der Waals surface area contributed by atoms with E-state index in [2.05, 4.69) is 11.6 Å². The Kier molecular flexibility index (Phi) is 7.22. The number of halogens is 2. The van der Waals surface area contributed by atoms with Crippen LogP contribution >= 0.6 is 23.2 Å². The number of hydrogen-bond donors (Lipinski definition) is 0. The molecule has 0 unspecified atom stereocenters. The van der Waals surface area contributed by atoms with Gasteiger partial charge >= 0.3 is 0 Å². The van der Waals surface area contributed by atoms with Crippen molar-refractivity contribution in [3.63, 3.8) is 0 Å². The fourth-order valence-corrected chi connectivity index (χ4v) is 2.95. The summed E-state index contributed by atoms with van der Waals surface area (Å²) in [6, 6.07) is 2.55. The molecule has 1 atom stereocenters. The van der Waals surface area contributed by atoms with Crippen LogP contribution in [0.3, 0.4) is 0 Å². The molecule has 0 bridgehead atoms. The molecule has 0 saturated carbocycles. The fourth-order valence-electron chi connectivity index (χ4n) is 2.77. The van der Waals surface area contributed by atoms with E-state index in [-0.39, 0.29) is 30.9 Å². The van der Waals surface area contributed by atoms with Crippen molar-refractivity contribution in [3.05, 3.63) is 64.5 Å². The molecular formula is C20H23Cl2N3O2. The lowest BCUT2D eigenvalue weighted by molar-refractivity contribution is -0.156. The Morgan fingerprint density at radius 1 is 1.37 bits per heavy atom. The van der Waals surface area contributed by atoms with Gasteiger partial charge < -0.3 is 9.80 Å². The standard InChI is InChI=1S/C20H23Cl2N3O2/c1-5-15(21)7-6-14(4)19-20(27)24(13(2)3)12-18(26)25(19)11-17-9-8-16(22)10-23-17/h5-10,13,19H,4,11-12H2,1-3H3/b7-6-,15-5+/t19-/m1/s1. The van der Waals surface area contributed by atoms with E-state index in [0.29, 0.717) is 21.3 Å². The summed E-state index contributed by atoms with van der Waals surface area (Å²) in [7, 11) is 0. The van der Waals surface area contributed by atoms with Crippen molar-refractivity contribution < 1.29 is 9.59 Å². The van der Waals surface area contributed by atoms with Crippen LogP contribution in [0.5, 0.6) is 0 Å².